The lowest BCUT2D eigenvalue weighted by atomic mass is 9.98. The van der Waals surface area contributed by atoms with Crippen molar-refractivity contribution in [3.8, 4) is 11.1 Å². The molecule has 8 heteroatoms. The normalized spacial score (nSPS) is 14.1. The van der Waals surface area contributed by atoms with Gasteiger partial charge in [-0.05, 0) is 28.7 Å². The Morgan fingerprint density at radius 3 is 2.16 bits per heavy atom. The van der Waals surface area contributed by atoms with E-state index in [0.29, 0.717) is 12.8 Å². The van der Waals surface area contributed by atoms with Gasteiger partial charge in [0.2, 0.25) is 5.91 Å². The van der Waals surface area contributed by atoms with E-state index in [2.05, 4.69) is 10.6 Å². The lowest BCUT2D eigenvalue weighted by Gasteiger charge is -2.19. The summed E-state index contributed by atoms with van der Waals surface area (Å²) < 4.78 is 5.46. The number of nitrogens with one attached hydrogen (secondary N) is 2. The molecule has 0 fully saturated rings. The zero-order valence-corrected chi connectivity index (χ0v) is 17.2. The monoisotopic (exact) mass is 426 g/mol. The number of aliphatic hydroxyl groups excluding tert-OH is 1. The molecule has 8 nitrogen and oxygen atoms in total. The third kappa shape index (κ3) is 5.21. The highest BCUT2D eigenvalue weighted by atomic mass is 16.5. The number of carboxylic acids is 1. The summed E-state index contributed by atoms with van der Waals surface area (Å²) in [6, 6.07) is 15.1. The Labute approximate surface area is 180 Å². The maximum atomic E-state index is 12.4. The highest BCUT2D eigenvalue weighted by molar-refractivity contribution is 5.86. The van der Waals surface area contributed by atoms with Crippen LogP contribution >= 0.6 is 0 Å². The van der Waals surface area contributed by atoms with Crippen LogP contribution in [0.2, 0.25) is 0 Å². The Kier molecular flexibility index (Phi) is 7.25. The van der Waals surface area contributed by atoms with Crippen LogP contribution in [0.5, 0.6) is 0 Å². The van der Waals surface area contributed by atoms with Gasteiger partial charge < -0.3 is 25.6 Å². The maximum absolute atomic E-state index is 12.4. The van der Waals surface area contributed by atoms with Crippen molar-refractivity contribution in [2.75, 3.05) is 13.2 Å². The molecular formula is C23H26N2O6. The predicted octanol–water partition coefficient (Wildman–Crippen LogP) is 2.26. The number of fused-ring (bicyclic) bond motifs is 3. The van der Waals surface area contributed by atoms with E-state index in [-0.39, 0.29) is 12.5 Å². The predicted molar refractivity (Wildman–Crippen MR) is 114 cm³/mol. The van der Waals surface area contributed by atoms with E-state index in [1.54, 1.807) is 0 Å². The van der Waals surface area contributed by atoms with Crippen LogP contribution in [0.1, 0.15) is 36.8 Å². The highest BCUT2D eigenvalue weighted by Crippen LogP contribution is 2.44. The molecule has 1 aliphatic rings. The Balaban J connectivity index is 1.61. The first kappa shape index (κ1) is 22.3. The van der Waals surface area contributed by atoms with Crippen molar-refractivity contribution in [2.24, 2.45) is 0 Å². The molecule has 164 valence electrons. The second-order valence-electron chi connectivity index (χ2n) is 7.41. The van der Waals surface area contributed by atoms with Crippen molar-refractivity contribution in [1.29, 1.82) is 0 Å². The Morgan fingerprint density at radius 1 is 1.03 bits per heavy atom. The van der Waals surface area contributed by atoms with Crippen LogP contribution in [0.25, 0.3) is 11.1 Å². The number of hydrogen-bond acceptors (Lipinski definition) is 5. The largest absolute Gasteiger partial charge is 0.479 e. The third-order valence-electron chi connectivity index (χ3n) is 5.28. The molecule has 3 rings (SSSR count). The minimum Gasteiger partial charge on any atom is -0.479 e. The van der Waals surface area contributed by atoms with Gasteiger partial charge in [-0.3, -0.25) is 4.79 Å². The first-order valence-electron chi connectivity index (χ1n) is 10.2. The SMILES string of the molecule is CCC[C@H](NC(=O)OCC1c2ccccc2-c2ccccc21)C(=O)NC[C@H](O)C(=O)O. The molecule has 0 aliphatic heterocycles. The fraction of sp³-hybridized carbons (Fsp3) is 0.348. The van der Waals surface area contributed by atoms with Crippen LogP contribution in [-0.2, 0) is 14.3 Å². The van der Waals surface area contributed by atoms with E-state index in [9.17, 15) is 19.5 Å². The van der Waals surface area contributed by atoms with E-state index in [1.165, 1.54) is 0 Å². The number of hydrogen-bond donors (Lipinski definition) is 4. The fourth-order valence-corrected chi connectivity index (χ4v) is 3.75. The summed E-state index contributed by atoms with van der Waals surface area (Å²) >= 11 is 0. The number of carbonyl (C=O) groups excluding carboxylic acids is 2. The molecule has 0 heterocycles. The van der Waals surface area contributed by atoms with Gasteiger partial charge in [0.25, 0.3) is 0 Å². The molecule has 0 spiro atoms. The van der Waals surface area contributed by atoms with E-state index < -0.39 is 36.7 Å². The molecular weight excluding hydrogens is 400 g/mol. The number of amides is 2. The molecule has 4 N–H and O–H groups in total. The average Bonchev–Trinajstić information content (AvgIpc) is 3.09. The topological polar surface area (TPSA) is 125 Å². The van der Waals surface area contributed by atoms with E-state index in [1.807, 2.05) is 55.5 Å². The number of aliphatic hydroxyl groups is 1. The molecule has 31 heavy (non-hydrogen) atoms. The van der Waals surface area contributed by atoms with E-state index >= 15 is 0 Å². The van der Waals surface area contributed by atoms with Gasteiger partial charge in [-0.25, -0.2) is 9.59 Å². The second kappa shape index (κ2) is 10.1. The summed E-state index contributed by atoms with van der Waals surface area (Å²) in [6.45, 7) is 1.53. The Hall–Kier alpha value is -3.39. The van der Waals surface area contributed by atoms with Gasteiger partial charge in [-0.1, -0.05) is 61.9 Å². The van der Waals surface area contributed by atoms with E-state index in [4.69, 9.17) is 9.84 Å². The summed E-state index contributed by atoms with van der Waals surface area (Å²) in [7, 11) is 0. The van der Waals surface area contributed by atoms with Crippen molar-refractivity contribution >= 4 is 18.0 Å². The van der Waals surface area contributed by atoms with Gasteiger partial charge in [-0.15, -0.1) is 0 Å². The minimum atomic E-state index is -1.71. The van der Waals surface area contributed by atoms with Gasteiger partial charge in [0.1, 0.15) is 12.6 Å². The molecule has 2 amide bonds. The summed E-state index contributed by atoms with van der Waals surface area (Å²) in [5.74, 6) is -2.10. The fourth-order valence-electron chi connectivity index (χ4n) is 3.75. The van der Waals surface area contributed by atoms with Crippen LogP contribution in [0.15, 0.2) is 48.5 Å². The number of alkyl carbamates (subject to hydrolysis) is 1. The lowest BCUT2D eigenvalue weighted by Crippen LogP contribution is -2.49. The van der Waals surface area contributed by atoms with Gasteiger partial charge >= 0.3 is 12.1 Å². The maximum Gasteiger partial charge on any atom is 0.407 e. The zero-order valence-electron chi connectivity index (χ0n) is 17.2. The summed E-state index contributed by atoms with van der Waals surface area (Å²) in [4.78, 5) is 35.4. The van der Waals surface area contributed by atoms with Crippen molar-refractivity contribution in [2.45, 2.75) is 37.8 Å². The highest BCUT2D eigenvalue weighted by Gasteiger charge is 2.29. The minimum absolute atomic E-state index is 0.0951. The summed E-state index contributed by atoms with van der Waals surface area (Å²) in [5, 5.41) is 22.9. The second-order valence-corrected chi connectivity index (χ2v) is 7.41. The molecule has 0 bridgehead atoms. The molecule has 0 saturated heterocycles. The van der Waals surface area contributed by atoms with Crippen LogP contribution in [0, 0.1) is 0 Å². The smallest absolute Gasteiger partial charge is 0.407 e. The molecule has 0 saturated carbocycles. The van der Waals surface area contributed by atoms with Crippen LogP contribution < -0.4 is 10.6 Å². The molecule has 1 aliphatic carbocycles. The molecule has 2 aromatic carbocycles. The first-order valence-corrected chi connectivity index (χ1v) is 10.2. The van der Waals surface area contributed by atoms with Crippen molar-refractivity contribution in [3.63, 3.8) is 0 Å². The average molecular weight is 426 g/mol. The van der Waals surface area contributed by atoms with Gasteiger partial charge in [0.05, 0.1) is 6.54 Å². The number of rotatable bonds is 9. The van der Waals surface area contributed by atoms with Gasteiger partial charge in [-0.2, -0.15) is 0 Å². The Morgan fingerprint density at radius 2 is 1.61 bits per heavy atom. The molecule has 0 aromatic heterocycles. The quantitative estimate of drug-likeness (QED) is 0.487. The van der Waals surface area contributed by atoms with Gasteiger partial charge in [0.15, 0.2) is 6.10 Å². The zero-order chi connectivity index (χ0) is 22.4. The standard InChI is InChI=1S/C23H26N2O6/c1-2-7-19(21(27)24-12-20(26)22(28)29)25-23(30)31-13-18-16-10-5-3-8-14(16)15-9-4-6-11-17(15)18/h3-6,8-11,18-20,26H,2,7,12-13H2,1H3,(H,24,27)(H,25,30)(H,28,29)/t19-,20-/m0/s1. The molecule has 2 aromatic rings. The number of aliphatic carboxylic acids is 1. The number of carbonyl (C=O) groups is 3. The molecule has 0 unspecified atom stereocenters. The number of ether oxygens (including phenoxy) is 1. The van der Waals surface area contributed by atoms with E-state index in [0.717, 1.165) is 22.3 Å². The van der Waals surface area contributed by atoms with Crippen molar-refractivity contribution < 1.29 is 29.3 Å². The number of carboxylic acid groups (broad SMARTS) is 1. The van der Waals surface area contributed by atoms with Crippen molar-refractivity contribution in [3.05, 3.63) is 59.7 Å². The van der Waals surface area contributed by atoms with Crippen LogP contribution in [0.3, 0.4) is 0 Å². The number of benzene rings is 2. The molecule has 0 radical (unpaired) electrons. The Bertz CT molecular complexity index is 915. The first-order chi connectivity index (χ1) is 14.9. The van der Waals surface area contributed by atoms with Crippen LogP contribution in [-0.4, -0.2) is 53.5 Å². The van der Waals surface area contributed by atoms with Crippen LogP contribution in [0.4, 0.5) is 4.79 Å². The van der Waals surface area contributed by atoms with Gasteiger partial charge in [0, 0.05) is 5.92 Å². The molecule has 2 atom stereocenters. The lowest BCUT2D eigenvalue weighted by molar-refractivity contribution is -0.146. The summed E-state index contributed by atoms with van der Waals surface area (Å²) in [6.07, 6.45) is -1.47. The van der Waals surface area contributed by atoms with Crippen molar-refractivity contribution in [1.82, 2.24) is 10.6 Å². The summed E-state index contributed by atoms with van der Waals surface area (Å²) in [5.41, 5.74) is 4.41. The third-order valence-corrected chi connectivity index (χ3v) is 5.28.